The van der Waals surface area contributed by atoms with Gasteiger partial charge in [0.05, 0.1) is 6.42 Å². The summed E-state index contributed by atoms with van der Waals surface area (Å²) in [5.74, 6) is -0.573. The molecule has 0 aromatic heterocycles. The lowest BCUT2D eigenvalue weighted by atomic mass is 10.2. The average molecular weight is 280 g/mol. The molecule has 0 atom stereocenters. The lowest BCUT2D eigenvalue weighted by molar-refractivity contribution is -0.136. The molecule has 0 saturated heterocycles. The number of carboxylic acid groups (broad SMARTS) is 1. The molecule has 0 unspecified atom stereocenters. The van der Waals surface area contributed by atoms with Crippen LogP contribution >= 0.6 is 0 Å². The summed E-state index contributed by atoms with van der Waals surface area (Å²) in [4.78, 5) is 10.4. The highest BCUT2D eigenvalue weighted by molar-refractivity contribution is 7.87. The van der Waals surface area contributed by atoms with Crippen LogP contribution in [-0.4, -0.2) is 43.4 Å². The summed E-state index contributed by atoms with van der Waals surface area (Å²) in [7, 11) is -3.59. The molecule has 0 fully saturated rings. The van der Waals surface area contributed by atoms with Crippen molar-refractivity contribution >= 4 is 16.2 Å². The third kappa shape index (κ3) is 7.62. The Bertz CT molecular complexity index is 342. The molecular weight excluding hydrogens is 256 g/mol. The molecule has 0 spiro atoms. The zero-order chi connectivity index (χ0) is 14.3. The van der Waals surface area contributed by atoms with E-state index >= 15 is 0 Å². The molecule has 0 radical (unpaired) electrons. The molecule has 0 saturated carbocycles. The first-order valence-corrected chi connectivity index (χ1v) is 7.55. The molecule has 0 amide bonds. The molecule has 108 valence electrons. The number of carboxylic acids is 1. The Morgan fingerprint density at radius 1 is 1.17 bits per heavy atom. The van der Waals surface area contributed by atoms with Crippen LogP contribution in [-0.2, 0) is 15.0 Å². The highest BCUT2D eigenvalue weighted by Crippen LogP contribution is 2.08. The van der Waals surface area contributed by atoms with E-state index in [1.54, 1.807) is 0 Å². The summed E-state index contributed by atoms with van der Waals surface area (Å²) < 4.78 is 27.7. The van der Waals surface area contributed by atoms with Gasteiger partial charge in [-0.2, -0.15) is 12.7 Å². The van der Waals surface area contributed by atoms with E-state index in [9.17, 15) is 13.2 Å². The molecule has 18 heavy (non-hydrogen) atoms. The Balaban J connectivity index is 4.58. The van der Waals surface area contributed by atoms with E-state index in [1.807, 2.05) is 27.7 Å². The lowest BCUT2D eigenvalue weighted by Gasteiger charge is -2.25. The van der Waals surface area contributed by atoms with E-state index in [0.717, 1.165) is 0 Å². The fourth-order valence-electron chi connectivity index (χ4n) is 1.46. The predicted molar refractivity (Wildman–Crippen MR) is 70.4 cm³/mol. The fourth-order valence-corrected chi connectivity index (χ4v) is 2.99. The highest BCUT2D eigenvalue weighted by atomic mass is 32.2. The fraction of sp³-hybridized carbons (Fsp3) is 0.909. The Labute approximate surface area is 110 Å². The number of hydrogen-bond donors (Lipinski definition) is 2. The van der Waals surface area contributed by atoms with Gasteiger partial charge >= 0.3 is 5.97 Å². The third-order valence-electron chi connectivity index (χ3n) is 2.10. The van der Waals surface area contributed by atoms with Crippen LogP contribution in [0.15, 0.2) is 0 Å². The normalized spacial score (nSPS) is 12.6. The van der Waals surface area contributed by atoms with Crippen molar-refractivity contribution in [1.82, 2.24) is 9.03 Å². The van der Waals surface area contributed by atoms with Gasteiger partial charge in [-0.25, -0.2) is 4.72 Å². The van der Waals surface area contributed by atoms with Crippen molar-refractivity contribution in [3.8, 4) is 0 Å². The topological polar surface area (TPSA) is 86.7 Å². The van der Waals surface area contributed by atoms with Crippen molar-refractivity contribution in [2.45, 2.75) is 34.1 Å². The Kier molecular flexibility index (Phi) is 7.42. The quantitative estimate of drug-likeness (QED) is 0.657. The second-order valence-electron chi connectivity index (χ2n) is 5.15. The van der Waals surface area contributed by atoms with Crippen LogP contribution in [0.25, 0.3) is 0 Å². The molecule has 0 heterocycles. The van der Waals surface area contributed by atoms with Crippen LogP contribution in [0.2, 0.25) is 0 Å². The van der Waals surface area contributed by atoms with Crippen molar-refractivity contribution in [1.29, 1.82) is 0 Å². The van der Waals surface area contributed by atoms with Crippen LogP contribution in [0.5, 0.6) is 0 Å². The van der Waals surface area contributed by atoms with E-state index in [1.165, 1.54) is 4.31 Å². The van der Waals surface area contributed by atoms with Crippen molar-refractivity contribution in [2.24, 2.45) is 11.8 Å². The zero-order valence-electron chi connectivity index (χ0n) is 11.5. The predicted octanol–water partition coefficient (Wildman–Crippen LogP) is 0.910. The molecule has 7 heteroatoms. The number of aliphatic carboxylic acids is 1. The molecule has 0 aliphatic rings. The van der Waals surface area contributed by atoms with Crippen molar-refractivity contribution in [2.75, 3.05) is 19.6 Å². The van der Waals surface area contributed by atoms with Crippen molar-refractivity contribution in [3.05, 3.63) is 0 Å². The maximum atomic E-state index is 12.0. The number of nitrogens with zero attached hydrogens (tertiary/aromatic N) is 1. The minimum atomic E-state index is -3.59. The summed E-state index contributed by atoms with van der Waals surface area (Å²) in [5, 5.41) is 8.49. The van der Waals surface area contributed by atoms with Crippen LogP contribution in [0.4, 0.5) is 0 Å². The molecule has 0 bridgehead atoms. The van der Waals surface area contributed by atoms with Gasteiger partial charge in [-0.1, -0.05) is 27.7 Å². The van der Waals surface area contributed by atoms with Gasteiger partial charge < -0.3 is 5.11 Å². The van der Waals surface area contributed by atoms with Gasteiger partial charge in [-0.15, -0.1) is 0 Å². The molecule has 6 nitrogen and oxygen atoms in total. The first kappa shape index (κ1) is 17.3. The van der Waals surface area contributed by atoms with E-state index in [0.29, 0.717) is 13.1 Å². The van der Waals surface area contributed by atoms with Gasteiger partial charge in [-0.05, 0) is 11.8 Å². The summed E-state index contributed by atoms with van der Waals surface area (Å²) in [5.41, 5.74) is 0. The van der Waals surface area contributed by atoms with Crippen LogP contribution < -0.4 is 4.72 Å². The molecule has 0 aromatic carbocycles. The minimum absolute atomic E-state index is 0.0790. The van der Waals surface area contributed by atoms with Crippen molar-refractivity contribution < 1.29 is 18.3 Å². The monoisotopic (exact) mass is 280 g/mol. The Hall–Kier alpha value is -0.660. The SMILES string of the molecule is CC(C)CN(CC(C)C)S(=O)(=O)NCCC(=O)O. The van der Waals surface area contributed by atoms with E-state index in [2.05, 4.69) is 4.72 Å². The highest BCUT2D eigenvalue weighted by Gasteiger charge is 2.23. The van der Waals surface area contributed by atoms with Crippen LogP contribution in [0, 0.1) is 11.8 Å². The minimum Gasteiger partial charge on any atom is -0.481 e. The maximum Gasteiger partial charge on any atom is 0.304 e. The van der Waals surface area contributed by atoms with Gasteiger partial charge in [0.15, 0.2) is 0 Å². The number of carbonyl (C=O) groups is 1. The first-order valence-electron chi connectivity index (χ1n) is 6.11. The van der Waals surface area contributed by atoms with E-state index < -0.39 is 16.2 Å². The van der Waals surface area contributed by atoms with Crippen LogP contribution in [0.3, 0.4) is 0 Å². The third-order valence-corrected chi connectivity index (χ3v) is 3.65. The molecule has 2 N–H and O–H groups in total. The van der Waals surface area contributed by atoms with Crippen LogP contribution in [0.1, 0.15) is 34.1 Å². The summed E-state index contributed by atoms with van der Waals surface area (Å²) in [6.45, 7) is 8.56. The second kappa shape index (κ2) is 7.70. The van der Waals surface area contributed by atoms with Gasteiger partial charge in [-0.3, -0.25) is 4.79 Å². The number of rotatable bonds is 9. The summed E-state index contributed by atoms with van der Waals surface area (Å²) >= 11 is 0. The Morgan fingerprint density at radius 3 is 1.94 bits per heavy atom. The molecule has 0 rings (SSSR count). The summed E-state index contributed by atoms with van der Waals surface area (Å²) in [6, 6.07) is 0. The van der Waals surface area contributed by atoms with Crippen molar-refractivity contribution in [3.63, 3.8) is 0 Å². The van der Waals surface area contributed by atoms with Gasteiger partial charge in [0.1, 0.15) is 0 Å². The molecule has 0 aliphatic heterocycles. The largest absolute Gasteiger partial charge is 0.481 e. The van der Waals surface area contributed by atoms with Gasteiger partial charge in [0.25, 0.3) is 10.2 Å². The number of hydrogen-bond acceptors (Lipinski definition) is 3. The maximum absolute atomic E-state index is 12.0. The smallest absolute Gasteiger partial charge is 0.304 e. The zero-order valence-corrected chi connectivity index (χ0v) is 12.3. The first-order chi connectivity index (χ1) is 8.15. The second-order valence-corrected chi connectivity index (χ2v) is 6.90. The lowest BCUT2D eigenvalue weighted by Crippen LogP contribution is -2.44. The number of nitrogens with one attached hydrogen (secondary N) is 1. The standard InChI is InChI=1S/C11H24N2O4S/c1-9(2)7-13(8-10(3)4)18(16,17)12-6-5-11(14)15/h9-10,12H,5-8H2,1-4H3,(H,14,15). The van der Waals surface area contributed by atoms with E-state index in [-0.39, 0.29) is 24.8 Å². The van der Waals surface area contributed by atoms with Gasteiger partial charge in [0, 0.05) is 19.6 Å². The van der Waals surface area contributed by atoms with Gasteiger partial charge in [0.2, 0.25) is 0 Å². The molecule has 0 aliphatic carbocycles. The van der Waals surface area contributed by atoms with E-state index in [4.69, 9.17) is 5.11 Å². The molecular formula is C11H24N2O4S. The Morgan fingerprint density at radius 2 is 1.61 bits per heavy atom. The average Bonchev–Trinajstić information content (AvgIpc) is 2.13. The molecule has 0 aromatic rings. The summed E-state index contributed by atoms with van der Waals surface area (Å²) in [6.07, 6.45) is -0.212.